The van der Waals surface area contributed by atoms with Crippen LogP contribution in [0.15, 0.2) is 24.8 Å². The molecule has 0 aliphatic heterocycles. The number of rotatable bonds is 4. The van der Waals surface area contributed by atoms with E-state index in [-0.39, 0.29) is 11.0 Å². The summed E-state index contributed by atoms with van der Waals surface area (Å²) < 4.78 is 11.5. The number of hydrogen-bond donors (Lipinski definition) is 0. The van der Waals surface area contributed by atoms with Crippen molar-refractivity contribution in [2.24, 2.45) is 0 Å². The Balaban J connectivity index is 3.20. The van der Waals surface area contributed by atoms with Crippen LogP contribution < -0.4 is 9.16 Å². The molecule has 0 saturated carbocycles. The lowest BCUT2D eigenvalue weighted by molar-refractivity contribution is -0.131. The molecule has 0 aromatic heterocycles. The highest BCUT2D eigenvalue weighted by molar-refractivity contribution is 6.74. The van der Waals surface area contributed by atoms with Gasteiger partial charge in [0.25, 0.3) is 8.32 Å². The highest BCUT2D eigenvalue weighted by Crippen LogP contribution is 2.40. The third-order valence-electron chi connectivity index (χ3n) is 3.66. The molecule has 0 saturated heterocycles. The zero-order valence-electron chi connectivity index (χ0n) is 13.2. The number of hydrogen-bond acceptors (Lipinski definition) is 3. The van der Waals surface area contributed by atoms with Gasteiger partial charge in [-0.15, -0.1) is 0 Å². The number of benzene rings is 1. The molecule has 0 aliphatic rings. The van der Waals surface area contributed by atoms with Gasteiger partial charge in [0, 0.05) is 6.92 Å². The van der Waals surface area contributed by atoms with Gasteiger partial charge in [0.15, 0.2) is 0 Å². The molecular formula is C16H24O3Si. The first kappa shape index (κ1) is 16.5. The fraction of sp³-hybridized carbons (Fsp3) is 0.438. The Labute approximate surface area is 122 Å². The minimum absolute atomic E-state index is 0.100. The lowest BCUT2D eigenvalue weighted by atomic mass is 10.2. The van der Waals surface area contributed by atoms with E-state index < -0.39 is 8.32 Å². The van der Waals surface area contributed by atoms with Gasteiger partial charge in [-0.05, 0) is 30.3 Å². The van der Waals surface area contributed by atoms with E-state index >= 15 is 0 Å². The average molecular weight is 292 g/mol. The van der Waals surface area contributed by atoms with E-state index in [1.54, 1.807) is 12.1 Å². The van der Waals surface area contributed by atoms with Crippen molar-refractivity contribution in [2.75, 3.05) is 0 Å². The third-order valence-corrected chi connectivity index (χ3v) is 8.00. The van der Waals surface area contributed by atoms with Crippen molar-refractivity contribution in [3.63, 3.8) is 0 Å². The number of carbonyl (C=O) groups is 1. The molecule has 0 N–H and O–H groups in total. The van der Waals surface area contributed by atoms with Crippen LogP contribution in [0.3, 0.4) is 0 Å². The molecule has 3 nitrogen and oxygen atoms in total. The molecule has 0 heterocycles. The van der Waals surface area contributed by atoms with E-state index in [1.165, 1.54) is 6.92 Å². The molecule has 0 aliphatic carbocycles. The molecule has 4 heteroatoms. The lowest BCUT2D eigenvalue weighted by Crippen LogP contribution is -2.44. The Morgan fingerprint density at radius 3 is 2.25 bits per heavy atom. The van der Waals surface area contributed by atoms with Crippen molar-refractivity contribution < 1.29 is 14.0 Å². The van der Waals surface area contributed by atoms with E-state index in [1.807, 2.05) is 12.1 Å². The van der Waals surface area contributed by atoms with Gasteiger partial charge in [-0.25, -0.2) is 0 Å². The average Bonchev–Trinajstić information content (AvgIpc) is 2.26. The first-order valence-corrected chi connectivity index (χ1v) is 9.62. The molecule has 110 valence electrons. The van der Waals surface area contributed by atoms with E-state index in [9.17, 15) is 4.79 Å². The monoisotopic (exact) mass is 292 g/mol. The summed E-state index contributed by atoms with van der Waals surface area (Å²) in [5.74, 6) is 0.867. The van der Waals surface area contributed by atoms with Crippen LogP contribution in [0.2, 0.25) is 18.1 Å². The maximum Gasteiger partial charge on any atom is 0.308 e. The normalized spacial score (nSPS) is 11.9. The highest BCUT2D eigenvalue weighted by Gasteiger charge is 2.39. The molecular weight excluding hydrogens is 268 g/mol. The Morgan fingerprint density at radius 2 is 1.80 bits per heavy atom. The van der Waals surface area contributed by atoms with Crippen molar-refractivity contribution >= 4 is 20.4 Å². The van der Waals surface area contributed by atoms with Crippen LogP contribution in [-0.4, -0.2) is 14.3 Å². The Kier molecular flexibility index (Phi) is 4.81. The lowest BCUT2D eigenvalue weighted by Gasteiger charge is -2.37. The summed E-state index contributed by atoms with van der Waals surface area (Å²) in [7, 11) is -1.94. The van der Waals surface area contributed by atoms with Crippen LogP contribution in [0.25, 0.3) is 6.08 Å². The first-order chi connectivity index (χ1) is 9.08. The molecule has 0 unspecified atom stereocenters. The van der Waals surface area contributed by atoms with Crippen molar-refractivity contribution in [1.29, 1.82) is 0 Å². The Morgan fingerprint density at radius 1 is 1.25 bits per heavy atom. The van der Waals surface area contributed by atoms with Gasteiger partial charge in [-0.3, -0.25) is 4.79 Å². The van der Waals surface area contributed by atoms with E-state index in [2.05, 4.69) is 40.4 Å². The van der Waals surface area contributed by atoms with Gasteiger partial charge >= 0.3 is 5.97 Å². The van der Waals surface area contributed by atoms with Crippen molar-refractivity contribution in [1.82, 2.24) is 0 Å². The second-order valence-electron chi connectivity index (χ2n) is 6.33. The van der Waals surface area contributed by atoms with E-state index in [4.69, 9.17) is 9.16 Å². The van der Waals surface area contributed by atoms with Crippen LogP contribution in [0.5, 0.6) is 11.5 Å². The summed E-state index contributed by atoms with van der Waals surface area (Å²) in [5, 5.41) is 0.100. The van der Waals surface area contributed by atoms with Crippen LogP contribution in [-0.2, 0) is 4.79 Å². The van der Waals surface area contributed by atoms with Gasteiger partial charge in [-0.2, -0.15) is 0 Å². The van der Waals surface area contributed by atoms with E-state index in [0.29, 0.717) is 5.75 Å². The molecule has 1 rings (SSSR count). The van der Waals surface area contributed by atoms with Crippen LogP contribution in [0.1, 0.15) is 33.3 Å². The quantitative estimate of drug-likeness (QED) is 0.461. The third kappa shape index (κ3) is 3.73. The Bertz CT molecular complexity index is 513. The minimum Gasteiger partial charge on any atom is -0.543 e. The van der Waals surface area contributed by atoms with Crippen LogP contribution in [0, 0.1) is 0 Å². The molecule has 1 aromatic carbocycles. The standard InChI is InChI=1S/C16H24O3Si/c1-8-13-14(18-12(2)17)10-9-11-15(13)19-20(6,7)16(3,4)5/h8-11H,1H2,2-7H3. The van der Waals surface area contributed by atoms with Gasteiger partial charge in [0.05, 0.1) is 5.56 Å². The summed E-state index contributed by atoms with van der Waals surface area (Å²) in [5.41, 5.74) is 0.729. The fourth-order valence-electron chi connectivity index (χ4n) is 1.49. The smallest absolute Gasteiger partial charge is 0.308 e. The summed E-state index contributed by atoms with van der Waals surface area (Å²) in [4.78, 5) is 11.1. The molecule has 0 fully saturated rings. The molecule has 20 heavy (non-hydrogen) atoms. The molecule has 1 aromatic rings. The fourth-order valence-corrected chi connectivity index (χ4v) is 2.52. The predicted molar refractivity (Wildman–Crippen MR) is 85.7 cm³/mol. The van der Waals surface area contributed by atoms with Gasteiger partial charge in [0.1, 0.15) is 11.5 Å². The topological polar surface area (TPSA) is 35.5 Å². The molecule has 0 spiro atoms. The number of ether oxygens (including phenoxy) is 1. The first-order valence-electron chi connectivity index (χ1n) is 6.71. The summed E-state index contributed by atoms with van der Waals surface area (Å²) in [6.45, 7) is 16.1. The van der Waals surface area contributed by atoms with Crippen molar-refractivity contribution in [3.8, 4) is 11.5 Å². The van der Waals surface area contributed by atoms with Gasteiger partial charge < -0.3 is 9.16 Å². The summed E-state index contributed by atoms with van der Waals surface area (Å²) in [6.07, 6.45) is 1.67. The molecule has 0 amide bonds. The maximum absolute atomic E-state index is 11.1. The summed E-state index contributed by atoms with van der Waals surface area (Å²) in [6, 6.07) is 5.47. The Hall–Kier alpha value is -1.55. The second kappa shape index (κ2) is 5.83. The minimum atomic E-state index is -1.94. The van der Waals surface area contributed by atoms with Crippen LogP contribution >= 0.6 is 0 Å². The largest absolute Gasteiger partial charge is 0.543 e. The summed E-state index contributed by atoms with van der Waals surface area (Å²) >= 11 is 0. The molecule has 0 radical (unpaired) electrons. The zero-order valence-corrected chi connectivity index (χ0v) is 14.2. The number of esters is 1. The molecule has 0 bridgehead atoms. The van der Waals surface area contributed by atoms with Crippen molar-refractivity contribution in [2.45, 2.75) is 45.8 Å². The SMILES string of the molecule is C=Cc1c(OC(C)=O)cccc1O[Si](C)(C)C(C)(C)C. The molecule has 0 atom stereocenters. The highest BCUT2D eigenvalue weighted by atomic mass is 28.4. The van der Waals surface area contributed by atoms with Gasteiger partial charge in [0.2, 0.25) is 0 Å². The number of carbonyl (C=O) groups excluding carboxylic acids is 1. The van der Waals surface area contributed by atoms with Crippen molar-refractivity contribution in [3.05, 3.63) is 30.3 Å². The maximum atomic E-state index is 11.1. The zero-order chi connectivity index (χ0) is 15.6. The van der Waals surface area contributed by atoms with Crippen LogP contribution in [0.4, 0.5) is 0 Å². The predicted octanol–water partition coefficient (Wildman–Crippen LogP) is 4.64. The second-order valence-corrected chi connectivity index (χ2v) is 11.1. The van der Waals surface area contributed by atoms with Gasteiger partial charge in [-0.1, -0.05) is 39.5 Å². The van der Waals surface area contributed by atoms with E-state index in [0.717, 1.165) is 11.3 Å².